The van der Waals surface area contributed by atoms with Gasteiger partial charge in [0, 0.05) is 23.1 Å². The maximum Gasteiger partial charge on any atom is 0.325 e. The van der Waals surface area contributed by atoms with E-state index < -0.39 is 22.4 Å². The molecule has 0 bridgehead atoms. The first-order valence-electron chi connectivity index (χ1n) is 9.74. The average molecular weight is 436 g/mol. The van der Waals surface area contributed by atoms with Crippen molar-refractivity contribution in [1.29, 1.82) is 0 Å². The lowest BCUT2D eigenvalue weighted by Gasteiger charge is -2.21. The van der Waals surface area contributed by atoms with Crippen molar-refractivity contribution in [1.82, 2.24) is 15.2 Å². The van der Waals surface area contributed by atoms with Gasteiger partial charge in [-0.2, -0.15) is 0 Å². The summed E-state index contributed by atoms with van der Waals surface area (Å²) in [5.41, 5.74) is 1.66. The van der Waals surface area contributed by atoms with Crippen LogP contribution in [0.15, 0.2) is 53.9 Å². The zero-order valence-corrected chi connectivity index (χ0v) is 17.8. The highest BCUT2D eigenvalue weighted by molar-refractivity contribution is 7.13. The third-order valence-electron chi connectivity index (χ3n) is 5.39. The van der Waals surface area contributed by atoms with Gasteiger partial charge in [0.15, 0.2) is 0 Å². The van der Waals surface area contributed by atoms with E-state index in [2.05, 4.69) is 29.4 Å². The molecule has 1 atom stereocenters. The molecular formula is C22H20N4O4S. The van der Waals surface area contributed by atoms with Gasteiger partial charge in [0.2, 0.25) is 0 Å². The fraction of sp³-hybridized carbons (Fsp3) is 0.227. The molecule has 1 aromatic heterocycles. The SMILES string of the molecule is CCc1ccc(-c2nc(CN3C(=O)NC(C)(c4cccc([N+](=O)[O-])c4)C3=O)cs2)cc1. The monoisotopic (exact) mass is 436 g/mol. The number of nitro groups is 1. The Bertz CT molecular complexity index is 1170. The number of nitrogens with one attached hydrogen (secondary N) is 1. The van der Waals surface area contributed by atoms with Gasteiger partial charge in [-0.05, 0) is 24.5 Å². The van der Waals surface area contributed by atoms with Crippen molar-refractivity contribution in [2.45, 2.75) is 32.4 Å². The van der Waals surface area contributed by atoms with Crippen molar-refractivity contribution in [3.8, 4) is 10.6 Å². The number of nitro benzene ring substituents is 1. The van der Waals surface area contributed by atoms with Gasteiger partial charge in [-0.25, -0.2) is 9.78 Å². The molecule has 0 radical (unpaired) electrons. The second-order valence-corrected chi connectivity index (χ2v) is 8.31. The lowest BCUT2D eigenvalue weighted by atomic mass is 9.91. The van der Waals surface area contributed by atoms with Gasteiger partial charge < -0.3 is 5.32 Å². The Morgan fingerprint density at radius 1 is 1.19 bits per heavy atom. The maximum atomic E-state index is 13.1. The van der Waals surface area contributed by atoms with Crippen LogP contribution in [0.1, 0.15) is 30.7 Å². The van der Waals surface area contributed by atoms with E-state index in [-0.39, 0.29) is 12.2 Å². The molecule has 0 aliphatic carbocycles. The molecule has 3 amide bonds. The lowest BCUT2D eigenvalue weighted by molar-refractivity contribution is -0.385. The number of aryl methyl sites for hydroxylation is 1. The molecule has 1 fully saturated rings. The number of carbonyl (C=O) groups excluding carboxylic acids is 2. The van der Waals surface area contributed by atoms with Crippen LogP contribution in [0.25, 0.3) is 10.6 Å². The number of rotatable bonds is 6. The van der Waals surface area contributed by atoms with Crippen molar-refractivity contribution in [2.75, 3.05) is 0 Å². The van der Waals surface area contributed by atoms with Crippen LogP contribution in [0.2, 0.25) is 0 Å². The van der Waals surface area contributed by atoms with Gasteiger partial charge in [-0.15, -0.1) is 11.3 Å². The minimum absolute atomic E-state index is 0.0265. The molecule has 158 valence electrons. The smallest absolute Gasteiger partial charge is 0.319 e. The van der Waals surface area contributed by atoms with E-state index >= 15 is 0 Å². The molecule has 1 aliphatic rings. The van der Waals surface area contributed by atoms with E-state index in [0.717, 1.165) is 21.9 Å². The van der Waals surface area contributed by atoms with E-state index in [0.29, 0.717) is 11.3 Å². The Balaban J connectivity index is 1.55. The topological polar surface area (TPSA) is 105 Å². The highest BCUT2D eigenvalue weighted by Crippen LogP contribution is 2.32. The predicted molar refractivity (Wildman–Crippen MR) is 116 cm³/mol. The largest absolute Gasteiger partial charge is 0.325 e. The Morgan fingerprint density at radius 2 is 1.94 bits per heavy atom. The van der Waals surface area contributed by atoms with E-state index in [9.17, 15) is 19.7 Å². The summed E-state index contributed by atoms with van der Waals surface area (Å²) < 4.78 is 0. The van der Waals surface area contributed by atoms with Crippen molar-refractivity contribution < 1.29 is 14.5 Å². The maximum absolute atomic E-state index is 13.1. The molecule has 4 rings (SSSR count). The number of urea groups is 1. The molecule has 31 heavy (non-hydrogen) atoms. The number of nitrogens with zero attached hydrogens (tertiary/aromatic N) is 3. The second kappa shape index (κ2) is 7.92. The Hall–Kier alpha value is -3.59. The molecule has 0 spiro atoms. The molecule has 9 heteroatoms. The fourth-order valence-electron chi connectivity index (χ4n) is 3.52. The Labute approximate surface area is 182 Å². The summed E-state index contributed by atoms with van der Waals surface area (Å²) in [6.45, 7) is 3.67. The van der Waals surface area contributed by atoms with Crippen LogP contribution in [0, 0.1) is 10.1 Å². The third kappa shape index (κ3) is 3.79. The first-order valence-corrected chi connectivity index (χ1v) is 10.6. The fourth-order valence-corrected chi connectivity index (χ4v) is 4.34. The van der Waals surface area contributed by atoms with Gasteiger partial charge in [0.25, 0.3) is 11.6 Å². The van der Waals surface area contributed by atoms with Gasteiger partial charge in [-0.3, -0.25) is 19.8 Å². The number of carbonyl (C=O) groups is 2. The quantitative estimate of drug-likeness (QED) is 0.353. The number of imide groups is 1. The Morgan fingerprint density at radius 3 is 2.61 bits per heavy atom. The normalized spacial score (nSPS) is 18.3. The minimum atomic E-state index is -1.38. The number of aromatic nitrogens is 1. The second-order valence-electron chi connectivity index (χ2n) is 7.45. The minimum Gasteiger partial charge on any atom is -0.319 e. The zero-order chi connectivity index (χ0) is 22.2. The first kappa shape index (κ1) is 20.7. The summed E-state index contributed by atoms with van der Waals surface area (Å²) in [6, 6.07) is 13.3. The van der Waals surface area contributed by atoms with Crippen LogP contribution in [0.4, 0.5) is 10.5 Å². The number of amides is 3. The molecule has 1 unspecified atom stereocenters. The van der Waals surface area contributed by atoms with E-state index in [4.69, 9.17) is 0 Å². The number of hydrogen-bond donors (Lipinski definition) is 1. The molecule has 8 nitrogen and oxygen atoms in total. The van der Waals surface area contributed by atoms with Gasteiger partial charge in [0.05, 0.1) is 17.2 Å². The number of hydrogen-bond acceptors (Lipinski definition) is 6. The average Bonchev–Trinajstić information content (AvgIpc) is 3.33. The summed E-state index contributed by atoms with van der Waals surface area (Å²) >= 11 is 1.45. The molecule has 1 saturated heterocycles. The number of thiazole rings is 1. The summed E-state index contributed by atoms with van der Waals surface area (Å²) in [4.78, 5) is 41.9. The van der Waals surface area contributed by atoms with Crippen molar-refractivity contribution in [2.24, 2.45) is 0 Å². The highest BCUT2D eigenvalue weighted by Gasteiger charge is 2.49. The molecule has 0 saturated carbocycles. The summed E-state index contributed by atoms with van der Waals surface area (Å²) in [5.74, 6) is -0.472. The highest BCUT2D eigenvalue weighted by atomic mass is 32.1. The van der Waals surface area contributed by atoms with Crippen LogP contribution in [-0.4, -0.2) is 26.7 Å². The van der Waals surface area contributed by atoms with E-state index in [1.165, 1.54) is 35.1 Å². The number of non-ortho nitro benzene ring substituents is 1. The lowest BCUT2D eigenvalue weighted by Crippen LogP contribution is -2.40. The molecule has 3 aromatic rings. The summed E-state index contributed by atoms with van der Waals surface area (Å²) in [6.07, 6.45) is 0.957. The third-order valence-corrected chi connectivity index (χ3v) is 6.33. The van der Waals surface area contributed by atoms with Crippen molar-refractivity contribution in [3.63, 3.8) is 0 Å². The first-order chi connectivity index (χ1) is 14.8. The van der Waals surface area contributed by atoms with Gasteiger partial charge in [0.1, 0.15) is 10.5 Å². The number of benzene rings is 2. The van der Waals surface area contributed by atoms with Crippen LogP contribution in [0.3, 0.4) is 0 Å². The van der Waals surface area contributed by atoms with Crippen LogP contribution in [-0.2, 0) is 23.3 Å². The molecule has 2 aromatic carbocycles. The standard InChI is InChI=1S/C22H20N4O4S/c1-3-14-7-9-15(10-8-14)19-23-17(13-31-19)12-25-20(27)22(2,24-21(25)28)16-5-4-6-18(11-16)26(29)30/h4-11,13H,3,12H2,1-2H3,(H,24,28). The Kier molecular flexibility index (Phi) is 5.28. The van der Waals surface area contributed by atoms with Crippen LogP contribution in [0.5, 0.6) is 0 Å². The zero-order valence-electron chi connectivity index (χ0n) is 17.0. The molecule has 1 N–H and O–H groups in total. The summed E-state index contributed by atoms with van der Waals surface area (Å²) in [5, 5.41) is 16.4. The van der Waals surface area contributed by atoms with Crippen LogP contribution >= 0.6 is 11.3 Å². The van der Waals surface area contributed by atoms with Gasteiger partial charge >= 0.3 is 6.03 Å². The van der Waals surface area contributed by atoms with Gasteiger partial charge in [-0.1, -0.05) is 43.3 Å². The molecule has 1 aliphatic heterocycles. The van der Waals surface area contributed by atoms with Crippen molar-refractivity contribution >= 4 is 29.0 Å². The molecular weight excluding hydrogens is 416 g/mol. The van der Waals surface area contributed by atoms with E-state index in [1.54, 1.807) is 13.0 Å². The van der Waals surface area contributed by atoms with E-state index in [1.807, 2.05) is 17.5 Å². The summed E-state index contributed by atoms with van der Waals surface area (Å²) in [7, 11) is 0. The van der Waals surface area contributed by atoms with Crippen molar-refractivity contribution in [3.05, 3.63) is 80.8 Å². The van der Waals surface area contributed by atoms with Crippen LogP contribution < -0.4 is 5.32 Å². The molecule has 2 heterocycles. The predicted octanol–water partition coefficient (Wildman–Crippen LogP) is 4.25.